The first-order valence-electron chi connectivity index (χ1n) is 10.7. The van der Waals surface area contributed by atoms with E-state index < -0.39 is 30.4 Å². The van der Waals surface area contributed by atoms with Crippen molar-refractivity contribution in [2.75, 3.05) is 18.5 Å². The summed E-state index contributed by atoms with van der Waals surface area (Å²) in [6.45, 7) is -0.756. The monoisotopic (exact) mass is 482 g/mol. The molecule has 4 aromatic rings. The van der Waals surface area contributed by atoms with Crippen molar-refractivity contribution in [3.63, 3.8) is 0 Å². The highest BCUT2D eigenvalue weighted by Gasteiger charge is 2.35. The highest BCUT2D eigenvalue weighted by Crippen LogP contribution is 2.42. The summed E-state index contributed by atoms with van der Waals surface area (Å²) in [4.78, 5) is 17.3. The molecule has 0 aliphatic rings. The average molecular weight is 482 g/mol. The van der Waals surface area contributed by atoms with E-state index in [4.69, 9.17) is 9.84 Å². The molecule has 3 N–H and O–H groups in total. The molecule has 0 saturated carbocycles. The summed E-state index contributed by atoms with van der Waals surface area (Å²) in [6.07, 6.45) is -5.83. The van der Waals surface area contributed by atoms with Crippen LogP contribution < -0.4 is 10.1 Å². The predicted molar refractivity (Wildman–Crippen MR) is 125 cm³/mol. The first kappa shape index (κ1) is 24.2. The van der Waals surface area contributed by atoms with E-state index >= 15 is 0 Å². The number of carbonyl (C=O) groups excluding carboxylic acids is 1. The molecule has 0 fully saturated rings. The number of hydrogen-bond acceptors (Lipinski definition) is 5. The molecule has 35 heavy (non-hydrogen) atoms. The number of benzene rings is 3. The summed E-state index contributed by atoms with van der Waals surface area (Å²) in [6, 6.07) is 19.8. The van der Waals surface area contributed by atoms with Gasteiger partial charge in [-0.15, -0.1) is 0 Å². The SMILES string of the molecule is O=C(Nc1cccc(C(F)(F)F)c1-c1cccc(OCC(O)CO)c1)c1ccc2ccccc2n1. The second-order valence-corrected chi connectivity index (χ2v) is 7.74. The maximum Gasteiger partial charge on any atom is 0.417 e. The molecule has 180 valence electrons. The van der Waals surface area contributed by atoms with E-state index in [0.717, 1.165) is 11.5 Å². The molecule has 1 amide bonds. The van der Waals surface area contributed by atoms with Crippen LogP contribution in [0.1, 0.15) is 16.1 Å². The molecule has 3 aromatic carbocycles. The zero-order chi connectivity index (χ0) is 25.0. The largest absolute Gasteiger partial charge is 0.491 e. The number of anilines is 1. The average Bonchev–Trinajstić information content (AvgIpc) is 2.86. The molecule has 4 rings (SSSR count). The lowest BCUT2D eigenvalue weighted by Gasteiger charge is -2.19. The molecule has 0 saturated heterocycles. The maximum atomic E-state index is 13.9. The first-order chi connectivity index (χ1) is 16.8. The number of carbonyl (C=O) groups is 1. The van der Waals surface area contributed by atoms with Gasteiger partial charge in [0.15, 0.2) is 0 Å². The Hall–Kier alpha value is -3.95. The molecule has 1 atom stereocenters. The van der Waals surface area contributed by atoms with E-state index in [-0.39, 0.29) is 34.9 Å². The summed E-state index contributed by atoms with van der Waals surface area (Å²) in [7, 11) is 0. The van der Waals surface area contributed by atoms with Crippen molar-refractivity contribution in [2.45, 2.75) is 12.3 Å². The van der Waals surface area contributed by atoms with Crippen molar-refractivity contribution >= 4 is 22.5 Å². The van der Waals surface area contributed by atoms with Gasteiger partial charge < -0.3 is 20.3 Å². The number of pyridine rings is 1. The van der Waals surface area contributed by atoms with Crippen LogP contribution >= 0.6 is 0 Å². The Balaban J connectivity index is 1.72. The van der Waals surface area contributed by atoms with Gasteiger partial charge in [0.05, 0.1) is 17.7 Å². The standard InChI is InChI=1S/C26H21F3N2O4/c27-26(28,29)20-8-4-10-22(24(20)17-6-3-7-19(13-17)35-15-18(33)14-32)31-25(34)23-12-11-16-5-1-2-9-21(16)30-23/h1-13,18,32-33H,14-15H2,(H,31,34). The lowest BCUT2D eigenvalue weighted by Crippen LogP contribution is -2.21. The fraction of sp³-hybridized carbons (Fsp3) is 0.154. The fourth-order valence-electron chi connectivity index (χ4n) is 3.57. The predicted octanol–water partition coefficient (Wildman–Crippen LogP) is 4.90. The number of nitrogens with zero attached hydrogens (tertiary/aromatic N) is 1. The number of para-hydroxylation sites is 1. The number of aromatic nitrogens is 1. The lowest BCUT2D eigenvalue weighted by molar-refractivity contribution is -0.137. The number of aliphatic hydroxyl groups is 2. The van der Waals surface area contributed by atoms with Gasteiger partial charge in [0, 0.05) is 16.6 Å². The van der Waals surface area contributed by atoms with E-state index in [1.807, 2.05) is 12.1 Å². The molecule has 0 radical (unpaired) electrons. The molecule has 0 aliphatic heterocycles. The number of alkyl halides is 3. The van der Waals surface area contributed by atoms with Gasteiger partial charge in [0.25, 0.3) is 5.91 Å². The number of amides is 1. The summed E-state index contributed by atoms with van der Waals surface area (Å²) in [5.41, 5.74) is -0.430. The molecule has 1 heterocycles. The summed E-state index contributed by atoms with van der Waals surface area (Å²) < 4.78 is 47.2. The van der Waals surface area contributed by atoms with Crippen molar-refractivity contribution in [1.82, 2.24) is 4.98 Å². The van der Waals surface area contributed by atoms with Gasteiger partial charge in [-0.2, -0.15) is 13.2 Å². The summed E-state index contributed by atoms with van der Waals surface area (Å²) in [5, 5.41) is 21.8. The minimum atomic E-state index is -4.69. The number of rotatable bonds is 7. The molecular formula is C26H21F3N2O4. The van der Waals surface area contributed by atoms with Crippen LogP contribution in [0.15, 0.2) is 78.9 Å². The maximum absolute atomic E-state index is 13.9. The topological polar surface area (TPSA) is 91.7 Å². The van der Waals surface area contributed by atoms with Crippen LogP contribution in [-0.4, -0.2) is 40.4 Å². The van der Waals surface area contributed by atoms with E-state index in [1.54, 1.807) is 18.2 Å². The Labute approximate surface area is 198 Å². The smallest absolute Gasteiger partial charge is 0.417 e. The second-order valence-electron chi connectivity index (χ2n) is 7.74. The molecule has 0 aliphatic carbocycles. The van der Waals surface area contributed by atoms with Crippen LogP contribution in [-0.2, 0) is 6.18 Å². The van der Waals surface area contributed by atoms with Crippen molar-refractivity contribution in [1.29, 1.82) is 0 Å². The zero-order valence-corrected chi connectivity index (χ0v) is 18.3. The molecule has 6 nitrogen and oxygen atoms in total. The van der Waals surface area contributed by atoms with E-state index in [2.05, 4.69) is 10.3 Å². The van der Waals surface area contributed by atoms with Crippen molar-refractivity contribution in [3.8, 4) is 16.9 Å². The van der Waals surface area contributed by atoms with E-state index in [1.165, 1.54) is 42.5 Å². The van der Waals surface area contributed by atoms with Gasteiger partial charge in [-0.1, -0.05) is 42.5 Å². The first-order valence-corrected chi connectivity index (χ1v) is 10.7. The number of aliphatic hydroxyl groups excluding tert-OH is 2. The molecular weight excluding hydrogens is 461 g/mol. The van der Waals surface area contributed by atoms with Gasteiger partial charge in [0.2, 0.25) is 0 Å². The minimum Gasteiger partial charge on any atom is -0.491 e. The Morgan fingerprint density at radius 2 is 1.77 bits per heavy atom. The molecule has 1 aromatic heterocycles. The summed E-state index contributed by atoms with van der Waals surface area (Å²) >= 11 is 0. The van der Waals surface area contributed by atoms with E-state index in [0.29, 0.717) is 5.52 Å². The molecule has 1 unspecified atom stereocenters. The third-order valence-electron chi connectivity index (χ3n) is 5.22. The van der Waals surface area contributed by atoms with Crippen molar-refractivity contribution in [3.05, 3.63) is 90.1 Å². The molecule has 9 heteroatoms. The van der Waals surface area contributed by atoms with Gasteiger partial charge in [-0.05, 0) is 42.0 Å². The Bertz CT molecular complexity index is 1360. The number of halogens is 3. The van der Waals surface area contributed by atoms with Crippen LogP contribution in [0, 0.1) is 0 Å². The van der Waals surface area contributed by atoms with Crippen LogP contribution in [0.25, 0.3) is 22.0 Å². The van der Waals surface area contributed by atoms with Crippen LogP contribution in [0.4, 0.5) is 18.9 Å². The number of nitrogens with one attached hydrogen (secondary N) is 1. The normalized spacial score (nSPS) is 12.4. The Morgan fingerprint density at radius 3 is 2.54 bits per heavy atom. The Kier molecular flexibility index (Phi) is 6.99. The van der Waals surface area contributed by atoms with Gasteiger partial charge in [-0.3, -0.25) is 4.79 Å². The second kappa shape index (κ2) is 10.1. The van der Waals surface area contributed by atoms with Crippen molar-refractivity contribution in [2.24, 2.45) is 0 Å². The quantitative estimate of drug-likeness (QED) is 0.348. The fourth-order valence-corrected chi connectivity index (χ4v) is 3.57. The van der Waals surface area contributed by atoms with Gasteiger partial charge >= 0.3 is 6.18 Å². The number of fused-ring (bicyclic) bond motifs is 1. The number of hydrogen-bond donors (Lipinski definition) is 3. The molecule has 0 spiro atoms. The van der Waals surface area contributed by atoms with Crippen LogP contribution in [0.2, 0.25) is 0 Å². The van der Waals surface area contributed by atoms with Crippen LogP contribution in [0.3, 0.4) is 0 Å². The highest BCUT2D eigenvalue weighted by molar-refractivity contribution is 6.06. The van der Waals surface area contributed by atoms with Crippen LogP contribution in [0.5, 0.6) is 5.75 Å². The van der Waals surface area contributed by atoms with Crippen molar-refractivity contribution < 1.29 is 32.9 Å². The highest BCUT2D eigenvalue weighted by atomic mass is 19.4. The third kappa shape index (κ3) is 5.59. The number of ether oxygens (including phenoxy) is 1. The molecule has 0 bridgehead atoms. The Morgan fingerprint density at radius 1 is 1.00 bits per heavy atom. The summed E-state index contributed by atoms with van der Waals surface area (Å²) in [5.74, 6) is -0.463. The van der Waals surface area contributed by atoms with Gasteiger partial charge in [0.1, 0.15) is 24.2 Å². The zero-order valence-electron chi connectivity index (χ0n) is 18.3. The lowest BCUT2D eigenvalue weighted by atomic mass is 9.96. The minimum absolute atomic E-state index is 0.0488. The van der Waals surface area contributed by atoms with Gasteiger partial charge in [-0.25, -0.2) is 4.98 Å². The third-order valence-corrected chi connectivity index (χ3v) is 5.22. The van der Waals surface area contributed by atoms with E-state index in [9.17, 15) is 23.1 Å².